The van der Waals surface area contributed by atoms with Gasteiger partial charge in [-0.25, -0.2) is 24.2 Å². The number of rotatable bonds is 5. The van der Waals surface area contributed by atoms with Gasteiger partial charge in [0.1, 0.15) is 17.4 Å². The van der Waals surface area contributed by atoms with Crippen molar-refractivity contribution in [2.45, 2.75) is 38.3 Å². The zero-order valence-electron chi connectivity index (χ0n) is 19.2. The average molecular weight is 468 g/mol. The largest absolute Gasteiger partial charge is 0.495 e. The van der Waals surface area contributed by atoms with Crippen molar-refractivity contribution in [2.75, 3.05) is 20.3 Å². The summed E-state index contributed by atoms with van der Waals surface area (Å²) >= 11 is 0. The number of aliphatic imine (C=N–C) groups is 1. The van der Waals surface area contributed by atoms with Gasteiger partial charge >= 0.3 is 0 Å². The Morgan fingerprint density at radius 1 is 1.18 bits per heavy atom. The molecule has 1 N–H and O–H groups in total. The van der Waals surface area contributed by atoms with Crippen LogP contribution in [-0.2, 0) is 11.3 Å². The Kier molecular flexibility index (Phi) is 6.19. The molecule has 5 rings (SSSR count). The van der Waals surface area contributed by atoms with E-state index in [-0.39, 0.29) is 12.1 Å². The standard InChI is InChI=1S/C25H27F2N5O2/c1-16-13-31(15-28-16)23-6-5-18(11-24(23)33-2)22-4-3-7-32-21(14-34-30-25(32)29-22)10-17-8-19(26)12-20(27)9-17/h5-6,8-9,11-13,15,21-22H,3-4,7,10,14H2,1-2H3,(H,29,30). The van der Waals surface area contributed by atoms with Gasteiger partial charge in [0.05, 0.1) is 43.5 Å². The van der Waals surface area contributed by atoms with Crippen LogP contribution in [0.25, 0.3) is 5.69 Å². The summed E-state index contributed by atoms with van der Waals surface area (Å²) in [6.07, 6.45) is 5.96. The van der Waals surface area contributed by atoms with E-state index >= 15 is 0 Å². The van der Waals surface area contributed by atoms with Gasteiger partial charge in [-0.3, -0.25) is 4.84 Å². The number of halogens is 2. The highest BCUT2D eigenvalue weighted by molar-refractivity contribution is 5.80. The molecule has 178 valence electrons. The number of guanidine groups is 1. The molecule has 2 atom stereocenters. The molecule has 7 nitrogen and oxygen atoms in total. The monoisotopic (exact) mass is 467 g/mol. The summed E-state index contributed by atoms with van der Waals surface area (Å²) in [7, 11) is 1.66. The molecule has 0 radical (unpaired) electrons. The lowest BCUT2D eigenvalue weighted by atomic mass is 10.0. The van der Waals surface area contributed by atoms with Crippen molar-refractivity contribution in [3.63, 3.8) is 0 Å². The normalized spacial score (nSPS) is 20.2. The van der Waals surface area contributed by atoms with Crippen molar-refractivity contribution >= 4 is 5.96 Å². The minimum Gasteiger partial charge on any atom is -0.495 e. The van der Waals surface area contributed by atoms with Gasteiger partial charge in [-0.05, 0) is 61.6 Å². The molecular formula is C25H27F2N5O2. The second-order valence-corrected chi connectivity index (χ2v) is 8.71. The third kappa shape index (κ3) is 4.61. The Bertz CT molecular complexity index is 1190. The van der Waals surface area contributed by atoms with Crippen LogP contribution in [-0.4, -0.2) is 46.7 Å². The van der Waals surface area contributed by atoms with Gasteiger partial charge < -0.3 is 14.2 Å². The first-order valence-electron chi connectivity index (χ1n) is 11.4. The number of methoxy groups -OCH3 is 1. The summed E-state index contributed by atoms with van der Waals surface area (Å²) < 4.78 is 35.0. The summed E-state index contributed by atoms with van der Waals surface area (Å²) in [6.45, 7) is 3.12. The molecule has 0 amide bonds. The van der Waals surface area contributed by atoms with Crippen LogP contribution in [0.15, 0.2) is 53.9 Å². The number of nitrogens with zero attached hydrogens (tertiary/aromatic N) is 4. The molecule has 2 aliphatic heterocycles. The van der Waals surface area contributed by atoms with Crippen LogP contribution in [0.3, 0.4) is 0 Å². The highest BCUT2D eigenvalue weighted by Gasteiger charge is 2.31. The molecule has 1 aromatic heterocycles. The van der Waals surface area contributed by atoms with Gasteiger partial charge in [0.15, 0.2) is 0 Å². The number of ether oxygens (including phenoxy) is 1. The van der Waals surface area contributed by atoms with E-state index in [0.717, 1.165) is 48.1 Å². The van der Waals surface area contributed by atoms with Gasteiger partial charge in [-0.1, -0.05) is 6.07 Å². The van der Waals surface area contributed by atoms with Crippen molar-refractivity contribution < 1.29 is 18.4 Å². The number of hydrogen-bond acceptors (Lipinski definition) is 6. The fourth-order valence-corrected chi connectivity index (χ4v) is 4.66. The van der Waals surface area contributed by atoms with Gasteiger partial charge in [0, 0.05) is 18.8 Å². The number of hydrogen-bond donors (Lipinski definition) is 1. The summed E-state index contributed by atoms with van der Waals surface area (Å²) in [6, 6.07) is 9.59. The number of fused-ring (bicyclic) bond motifs is 1. The molecule has 34 heavy (non-hydrogen) atoms. The van der Waals surface area contributed by atoms with Crippen LogP contribution in [0.1, 0.15) is 35.7 Å². The van der Waals surface area contributed by atoms with E-state index in [1.807, 2.05) is 29.8 Å². The first-order valence-corrected chi connectivity index (χ1v) is 11.4. The summed E-state index contributed by atoms with van der Waals surface area (Å²) in [5, 5.41) is 0. The molecule has 3 aromatic rings. The fraction of sp³-hybridized carbons (Fsp3) is 0.360. The SMILES string of the molecule is COc1cc(C2CCCN3C(=N2)NOCC3Cc2cc(F)cc(F)c2)ccc1-n1cnc(C)c1. The van der Waals surface area contributed by atoms with Gasteiger partial charge in [0.25, 0.3) is 0 Å². The predicted molar refractivity (Wildman–Crippen MR) is 124 cm³/mol. The van der Waals surface area contributed by atoms with Gasteiger partial charge in [0.2, 0.25) is 5.96 Å². The van der Waals surface area contributed by atoms with E-state index in [0.29, 0.717) is 24.6 Å². The fourth-order valence-electron chi connectivity index (χ4n) is 4.66. The number of nitrogens with one attached hydrogen (secondary N) is 1. The number of aromatic nitrogens is 2. The molecule has 1 fully saturated rings. The molecule has 0 saturated carbocycles. The van der Waals surface area contributed by atoms with Crippen LogP contribution >= 0.6 is 0 Å². The van der Waals surface area contributed by atoms with Crippen LogP contribution in [0, 0.1) is 18.6 Å². The Labute approximate surface area is 197 Å². The number of hydroxylamine groups is 1. The van der Waals surface area contributed by atoms with Crippen molar-refractivity contribution in [3.05, 3.63) is 77.4 Å². The van der Waals surface area contributed by atoms with E-state index in [4.69, 9.17) is 14.6 Å². The molecular weight excluding hydrogens is 440 g/mol. The number of aryl methyl sites for hydroxylation is 1. The van der Waals surface area contributed by atoms with Gasteiger partial charge in [-0.15, -0.1) is 0 Å². The second-order valence-electron chi connectivity index (χ2n) is 8.71. The first-order chi connectivity index (χ1) is 16.5. The molecule has 2 aliphatic rings. The summed E-state index contributed by atoms with van der Waals surface area (Å²) in [5.74, 6) is 0.245. The number of benzene rings is 2. The maximum absolute atomic E-state index is 13.7. The molecule has 2 unspecified atom stereocenters. The molecule has 3 heterocycles. The van der Waals surface area contributed by atoms with E-state index in [1.54, 1.807) is 13.4 Å². The molecule has 0 spiro atoms. The quantitative estimate of drug-likeness (QED) is 0.612. The molecule has 1 saturated heterocycles. The average Bonchev–Trinajstić information content (AvgIpc) is 3.12. The second kappa shape index (κ2) is 9.42. The van der Waals surface area contributed by atoms with Crippen molar-refractivity contribution in [1.29, 1.82) is 0 Å². The zero-order chi connectivity index (χ0) is 23.7. The Balaban J connectivity index is 1.39. The topological polar surface area (TPSA) is 63.9 Å². The Hall–Kier alpha value is -3.46. The van der Waals surface area contributed by atoms with Crippen molar-refractivity contribution in [1.82, 2.24) is 19.9 Å². The van der Waals surface area contributed by atoms with Crippen LogP contribution in [0.2, 0.25) is 0 Å². The molecule has 0 bridgehead atoms. The Morgan fingerprint density at radius 2 is 2.00 bits per heavy atom. The van der Waals surface area contributed by atoms with Crippen LogP contribution in [0.4, 0.5) is 8.78 Å². The maximum Gasteiger partial charge on any atom is 0.219 e. The highest BCUT2D eigenvalue weighted by Crippen LogP contribution is 2.33. The summed E-state index contributed by atoms with van der Waals surface area (Å²) in [4.78, 5) is 17.0. The van der Waals surface area contributed by atoms with Gasteiger partial charge in [-0.2, -0.15) is 0 Å². The van der Waals surface area contributed by atoms with E-state index < -0.39 is 11.6 Å². The lowest BCUT2D eigenvalue weighted by Crippen LogP contribution is -2.55. The number of imidazole rings is 1. The molecule has 2 aromatic carbocycles. The minimum atomic E-state index is -0.571. The zero-order valence-corrected chi connectivity index (χ0v) is 19.2. The van der Waals surface area contributed by atoms with Crippen LogP contribution in [0.5, 0.6) is 5.75 Å². The van der Waals surface area contributed by atoms with E-state index in [1.165, 1.54) is 12.1 Å². The lowest BCUT2D eigenvalue weighted by molar-refractivity contribution is 0.00393. The highest BCUT2D eigenvalue weighted by atomic mass is 19.1. The Morgan fingerprint density at radius 3 is 2.74 bits per heavy atom. The lowest BCUT2D eigenvalue weighted by Gasteiger charge is -2.37. The third-order valence-electron chi connectivity index (χ3n) is 6.28. The van der Waals surface area contributed by atoms with Crippen molar-refractivity contribution in [2.24, 2.45) is 4.99 Å². The van der Waals surface area contributed by atoms with E-state index in [2.05, 4.69) is 21.4 Å². The maximum atomic E-state index is 13.7. The van der Waals surface area contributed by atoms with E-state index in [9.17, 15) is 8.78 Å². The molecule has 9 heteroatoms. The van der Waals surface area contributed by atoms with Crippen molar-refractivity contribution in [3.8, 4) is 11.4 Å². The summed E-state index contributed by atoms with van der Waals surface area (Å²) in [5.41, 5.74) is 6.44. The third-order valence-corrected chi connectivity index (χ3v) is 6.28. The minimum absolute atomic E-state index is 0.0682. The predicted octanol–water partition coefficient (Wildman–Crippen LogP) is 4.11. The smallest absolute Gasteiger partial charge is 0.219 e. The first kappa shape index (κ1) is 22.3. The molecule has 0 aliphatic carbocycles. The van der Waals surface area contributed by atoms with Crippen LogP contribution < -0.4 is 10.2 Å².